The summed E-state index contributed by atoms with van der Waals surface area (Å²) < 4.78 is 5.43. The van der Waals surface area contributed by atoms with Crippen LogP contribution in [0.4, 0.5) is 0 Å². The molecule has 0 radical (unpaired) electrons. The number of hydrogen-bond donors (Lipinski definition) is 0. The zero-order valence-electron chi connectivity index (χ0n) is 6.75. The summed E-state index contributed by atoms with van der Waals surface area (Å²) in [5.41, 5.74) is 0. The lowest BCUT2D eigenvalue weighted by atomic mass is 9.74. The molecule has 2 aliphatic carbocycles. The van der Waals surface area contributed by atoms with E-state index < -0.39 is 0 Å². The predicted octanol–water partition coefficient (Wildman–Crippen LogP) is 2.48. The zero-order valence-corrected chi connectivity index (χ0v) is 6.75. The molecule has 0 bridgehead atoms. The molecule has 2 fully saturated rings. The molecule has 1 heterocycles. The van der Waals surface area contributed by atoms with Crippen LogP contribution >= 0.6 is 0 Å². The van der Waals surface area contributed by atoms with Crippen molar-refractivity contribution in [1.29, 1.82) is 0 Å². The Hall–Kier alpha value is -0.460. The van der Waals surface area contributed by atoms with Crippen LogP contribution in [0.25, 0.3) is 0 Å². The third kappa shape index (κ3) is 0.901. The maximum atomic E-state index is 5.43. The Labute approximate surface area is 67.4 Å². The van der Waals surface area contributed by atoms with Crippen molar-refractivity contribution < 1.29 is 4.74 Å². The molecule has 0 aromatic rings. The van der Waals surface area contributed by atoms with Crippen molar-refractivity contribution in [2.75, 3.05) is 0 Å². The third-order valence-corrected chi connectivity index (χ3v) is 3.40. The zero-order chi connectivity index (χ0) is 7.26. The van der Waals surface area contributed by atoms with E-state index in [4.69, 9.17) is 4.74 Å². The van der Waals surface area contributed by atoms with Crippen LogP contribution in [0, 0.1) is 11.8 Å². The fourth-order valence-electron chi connectivity index (χ4n) is 2.68. The van der Waals surface area contributed by atoms with E-state index in [0.717, 1.165) is 11.8 Å². The Morgan fingerprint density at radius 1 is 1.27 bits per heavy atom. The third-order valence-electron chi connectivity index (χ3n) is 3.40. The van der Waals surface area contributed by atoms with E-state index >= 15 is 0 Å². The van der Waals surface area contributed by atoms with Crippen LogP contribution < -0.4 is 0 Å². The molecule has 1 heteroatoms. The molecule has 1 saturated heterocycles. The van der Waals surface area contributed by atoms with Gasteiger partial charge in [-0.3, -0.25) is 0 Å². The summed E-state index contributed by atoms with van der Waals surface area (Å²) in [4.78, 5) is 0. The minimum absolute atomic E-state index is 0.564. The van der Waals surface area contributed by atoms with E-state index in [1.807, 2.05) is 0 Å². The molecule has 0 spiro atoms. The van der Waals surface area contributed by atoms with Crippen LogP contribution in [0.2, 0.25) is 0 Å². The van der Waals surface area contributed by atoms with Crippen molar-refractivity contribution in [2.45, 2.75) is 38.2 Å². The van der Waals surface area contributed by atoms with Crippen LogP contribution in [-0.4, -0.2) is 6.10 Å². The molecule has 11 heavy (non-hydrogen) atoms. The minimum atomic E-state index is 0.564. The van der Waals surface area contributed by atoms with E-state index in [9.17, 15) is 0 Å². The first-order chi connectivity index (χ1) is 5.43. The highest BCUT2D eigenvalue weighted by Crippen LogP contribution is 2.46. The summed E-state index contributed by atoms with van der Waals surface area (Å²) in [5.74, 6) is 3.17. The average molecular weight is 150 g/mol. The fourth-order valence-corrected chi connectivity index (χ4v) is 2.68. The standard InChI is InChI=1S/C10H14O/c1-2-4-8-6-10-9(11-10)5-7(8)3-1/h5,7-8,10H,1-4,6H2. The van der Waals surface area contributed by atoms with Gasteiger partial charge in [0.05, 0.1) is 0 Å². The van der Waals surface area contributed by atoms with E-state index in [1.165, 1.54) is 37.9 Å². The highest BCUT2D eigenvalue weighted by atomic mass is 16.6. The van der Waals surface area contributed by atoms with Crippen molar-refractivity contribution in [2.24, 2.45) is 11.8 Å². The number of epoxide rings is 1. The van der Waals surface area contributed by atoms with Crippen molar-refractivity contribution in [3.8, 4) is 0 Å². The largest absolute Gasteiger partial charge is 0.483 e. The summed E-state index contributed by atoms with van der Waals surface area (Å²) in [7, 11) is 0. The average Bonchev–Trinajstić information content (AvgIpc) is 2.77. The molecule has 0 amide bonds. The first kappa shape index (κ1) is 6.10. The van der Waals surface area contributed by atoms with Gasteiger partial charge in [0.25, 0.3) is 0 Å². The lowest BCUT2D eigenvalue weighted by Gasteiger charge is -2.29. The molecule has 0 aromatic heterocycles. The molecular formula is C10H14O. The van der Waals surface area contributed by atoms with E-state index in [1.54, 1.807) is 0 Å². The Morgan fingerprint density at radius 3 is 3.18 bits per heavy atom. The van der Waals surface area contributed by atoms with Gasteiger partial charge in [0.15, 0.2) is 6.10 Å². The Kier molecular flexibility index (Phi) is 1.12. The molecule has 1 nitrogen and oxygen atoms in total. The van der Waals surface area contributed by atoms with Crippen LogP contribution in [0.3, 0.4) is 0 Å². The normalized spacial score (nSPS) is 46.5. The second-order valence-corrected chi connectivity index (χ2v) is 4.12. The number of ether oxygens (including phenoxy) is 1. The Bertz CT molecular complexity index is 207. The number of fused-ring (bicyclic) bond motifs is 2. The highest BCUT2D eigenvalue weighted by molar-refractivity contribution is 5.20. The van der Waals surface area contributed by atoms with Gasteiger partial charge in [0.2, 0.25) is 0 Å². The molecule has 0 aromatic carbocycles. The maximum absolute atomic E-state index is 5.43. The van der Waals surface area contributed by atoms with Crippen LogP contribution in [0.1, 0.15) is 32.1 Å². The molecule has 1 aliphatic heterocycles. The molecule has 60 valence electrons. The van der Waals surface area contributed by atoms with E-state index in [0.29, 0.717) is 6.10 Å². The van der Waals surface area contributed by atoms with Crippen molar-refractivity contribution in [3.05, 3.63) is 11.8 Å². The SMILES string of the molecule is C1=C2OC2CC2CCCCC12. The van der Waals surface area contributed by atoms with Crippen molar-refractivity contribution in [3.63, 3.8) is 0 Å². The van der Waals surface area contributed by atoms with Gasteiger partial charge in [-0.05, 0) is 37.2 Å². The van der Waals surface area contributed by atoms with Crippen molar-refractivity contribution in [1.82, 2.24) is 0 Å². The van der Waals surface area contributed by atoms with Gasteiger partial charge in [-0.25, -0.2) is 0 Å². The molecule has 1 saturated carbocycles. The van der Waals surface area contributed by atoms with Crippen LogP contribution in [-0.2, 0) is 4.74 Å². The van der Waals surface area contributed by atoms with Gasteiger partial charge >= 0.3 is 0 Å². The van der Waals surface area contributed by atoms with E-state index in [2.05, 4.69) is 6.08 Å². The molecule has 3 aliphatic rings. The van der Waals surface area contributed by atoms with Crippen LogP contribution in [0.5, 0.6) is 0 Å². The highest BCUT2D eigenvalue weighted by Gasteiger charge is 2.42. The van der Waals surface area contributed by atoms with Gasteiger partial charge in [0, 0.05) is 0 Å². The topological polar surface area (TPSA) is 12.5 Å². The van der Waals surface area contributed by atoms with Gasteiger partial charge in [0.1, 0.15) is 5.76 Å². The second-order valence-electron chi connectivity index (χ2n) is 4.12. The first-order valence-electron chi connectivity index (χ1n) is 4.82. The van der Waals surface area contributed by atoms with E-state index in [-0.39, 0.29) is 0 Å². The van der Waals surface area contributed by atoms with Gasteiger partial charge < -0.3 is 4.74 Å². The summed E-state index contributed by atoms with van der Waals surface area (Å²) in [5, 5.41) is 0. The number of rotatable bonds is 0. The lowest BCUT2D eigenvalue weighted by Crippen LogP contribution is -2.21. The van der Waals surface area contributed by atoms with Gasteiger partial charge in [-0.2, -0.15) is 0 Å². The quantitative estimate of drug-likeness (QED) is 0.483. The van der Waals surface area contributed by atoms with Crippen LogP contribution in [0.15, 0.2) is 11.8 Å². The Morgan fingerprint density at radius 2 is 2.18 bits per heavy atom. The van der Waals surface area contributed by atoms with Gasteiger partial charge in [-0.15, -0.1) is 0 Å². The molecule has 0 N–H and O–H groups in total. The first-order valence-corrected chi connectivity index (χ1v) is 4.82. The number of hydrogen-bond acceptors (Lipinski definition) is 1. The second kappa shape index (κ2) is 2.02. The summed E-state index contributed by atoms with van der Waals surface area (Å²) in [6.45, 7) is 0. The summed E-state index contributed by atoms with van der Waals surface area (Å²) in [6.07, 6.45) is 10.1. The molecule has 3 unspecified atom stereocenters. The Balaban J connectivity index is 1.84. The molecular weight excluding hydrogens is 136 g/mol. The number of allylic oxidation sites excluding steroid dienone is 1. The predicted molar refractivity (Wildman–Crippen MR) is 43.0 cm³/mol. The summed E-state index contributed by atoms with van der Waals surface area (Å²) in [6, 6.07) is 0. The van der Waals surface area contributed by atoms with Crippen molar-refractivity contribution >= 4 is 0 Å². The molecule has 3 atom stereocenters. The maximum Gasteiger partial charge on any atom is 0.155 e. The molecule has 3 rings (SSSR count). The monoisotopic (exact) mass is 150 g/mol. The minimum Gasteiger partial charge on any atom is -0.483 e. The lowest BCUT2D eigenvalue weighted by molar-refractivity contribution is 0.245. The van der Waals surface area contributed by atoms with Gasteiger partial charge in [-0.1, -0.05) is 12.8 Å². The summed E-state index contributed by atoms with van der Waals surface area (Å²) >= 11 is 0. The fraction of sp³-hybridized carbons (Fsp3) is 0.800. The smallest absolute Gasteiger partial charge is 0.155 e.